The van der Waals surface area contributed by atoms with Crippen molar-refractivity contribution < 1.29 is 67.9 Å². The number of alkyl halides is 2. The predicted octanol–water partition coefficient (Wildman–Crippen LogP) is 20.5. The number of esters is 2. The molecular weight excluding hydrogens is 1800 g/mol. The maximum absolute atomic E-state index is 11.9. The molecule has 4 aliphatic rings. The number of carbonyl (C=O) groups excluding carboxylic acids is 2. The number of unbranched alkanes of at least 4 members (excludes halogenated alkanes) is 10. The first kappa shape index (κ1) is 106. The van der Waals surface area contributed by atoms with E-state index in [-0.39, 0.29) is 55.6 Å². The van der Waals surface area contributed by atoms with Gasteiger partial charge >= 0.3 is 11.9 Å². The van der Waals surface area contributed by atoms with E-state index in [4.69, 9.17) is 84.6 Å². The number of ether oxygens (including phenoxy) is 8. The number of epoxide rings is 1. The van der Waals surface area contributed by atoms with Gasteiger partial charge in [-0.1, -0.05) is 211 Å². The molecule has 9 atom stereocenters. The molecule has 109 heavy (non-hydrogen) atoms. The van der Waals surface area contributed by atoms with Gasteiger partial charge in [0.25, 0.3) is 16.6 Å². The van der Waals surface area contributed by atoms with Crippen LogP contribution in [-0.4, -0.2) is 169 Å². The number of aliphatic hydroxyl groups is 4. The molecule has 4 aromatic rings. The lowest BCUT2D eigenvalue weighted by Gasteiger charge is -2.30. The minimum absolute atomic E-state index is 0.0206. The number of carbonyl (C=O) groups is 2. The van der Waals surface area contributed by atoms with Crippen LogP contribution in [0.4, 0.5) is 0 Å². The number of aliphatic hydroxyl groups excluding tert-OH is 4. The van der Waals surface area contributed by atoms with Gasteiger partial charge in [0.1, 0.15) is 0 Å². The van der Waals surface area contributed by atoms with Crippen LogP contribution in [0.3, 0.4) is 0 Å². The summed E-state index contributed by atoms with van der Waals surface area (Å²) in [6, 6.07) is 32.0. The normalized spacial score (nSPS) is 20.3. The summed E-state index contributed by atoms with van der Waals surface area (Å²) in [5.74, 6) is 1.05. The molecule has 25 heteroatoms. The summed E-state index contributed by atoms with van der Waals surface area (Å²) in [7, 11) is 0. The zero-order valence-electron chi connectivity index (χ0n) is 65.8. The Labute approximate surface area is 714 Å². The fraction of sp³-hybridized carbons (Fsp3) is 0.643. The molecule has 612 valence electrons. The second-order valence-corrected chi connectivity index (χ2v) is 33.9. The Morgan fingerprint density at radius 2 is 1.02 bits per heavy atom. The highest BCUT2D eigenvalue weighted by Gasteiger charge is 2.45. The molecule has 4 aliphatic heterocycles. The van der Waals surface area contributed by atoms with Crippen molar-refractivity contribution in [1.29, 1.82) is 0 Å². The summed E-state index contributed by atoms with van der Waals surface area (Å²) in [6.07, 6.45) is 20.5. The molecule has 4 saturated heterocycles. The molecule has 0 saturated carbocycles. The van der Waals surface area contributed by atoms with E-state index < -0.39 is 17.2 Å². The third-order valence-electron chi connectivity index (χ3n) is 16.7. The highest BCUT2D eigenvalue weighted by molar-refractivity contribution is 14.1. The van der Waals surface area contributed by atoms with Crippen LogP contribution in [0.1, 0.15) is 206 Å². The number of rotatable bonds is 33. The minimum atomic E-state index is -0.482. The second kappa shape index (κ2) is 68.1. The van der Waals surface area contributed by atoms with Crippen LogP contribution in [0.5, 0.6) is 0 Å². The molecular formula is C84H126Br2I2N4O14S3. The lowest BCUT2D eigenvalue weighted by molar-refractivity contribution is -0.144. The first-order valence-corrected chi connectivity index (χ1v) is 44.6. The zero-order valence-corrected chi connectivity index (χ0v) is 75.9. The van der Waals surface area contributed by atoms with Gasteiger partial charge < -0.3 is 77.7 Å². The molecule has 4 aromatic carbocycles. The van der Waals surface area contributed by atoms with Gasteiger partial charge in [0.2, 0.25) is 6.54 Å². The van der Waals surface area contributed by atoms with Gasteiger partial charge in [0.15, 0.2) is 0 Å². The van der Waals surface area contributed by atoms with Crippen molar-refractivity contribution in [2.24, 2.45) is 0 Å². The van der Waals surface area contributed by atoms with Gasteiger partial charge in [0, 0.05) is 60.8 Å². The molecule has 4 fully saturated rings. The van der Waals surface area contributed by atoms with E-state index in [2.05, 4.69) is 174 Å². The number of thioether (sulfide) groups is 1. The van der Waals surface area contributed by atoms with Gasteiger partial charge in [-0.3, -0.25) is 9.59 Å². The van der Waals surface area contributed by atoms with Crippen LogP contribution in [-0.2, 0) is 70.6 Å². The smallest absolute Gasteiger partial charge is 0.306 e. The van der Waals surface area contributed by atoms with Crippen LogP contribution < -0.4 is 0 Å². The Bertz CT molecular complexity index is 3060. The SMILES string of the molecule is CC(I)COCCI.CC(O)COCCO.CC1CO1.CCCCCCCCOC(=O)CCS.OCCO.[C-]#[N+]C1(c2cccc(Br)c2)CCOC(C)C1.[C-]#[N+]C1(c2cccc(S)c2)CCOC(C)C1.[C-]#[N+]C1(c2cccc(SCCC(=O)OCCCCCCCC)c2)CCOC(C)C1.[C-]#[N+]Cc1cccc(Br)c1. The average Bonchev–Trinajstić information content (AvgIpc) is 1.45. The molecule has 0 amide bonds. The number of thiol groups is 2. The second-order valence-electron chi connectivity index (χ2n) is 26.7. The standard InChI is InChI=1S/C24H35NO3S.C13H14BrNO.C13H15NOS.C11H22O2S.C8H6BrN.C5H10I2O.C5H12O3.C3H6O.C2H6O2/c1-4-5-6-7-8-9-15-28-23(26)13-17-29-22-12-10-11-21(18-22)24(25-3)14-16-27-20(2)19-24;1-10-9-13(15-2,6-7-16-10)11-4-3-5-12(14)8-11;1-10-9-13(14-2,6-7-15-10)11-4-3-5-12(16)8-11;1-2-3-4-5-6-7-9-13-11(12)8-10-14;1-10-6-7-3-2-4-8(9)5-7;2*1-5(7)4-8-3-2-6;1-3-2-4-3;3-1-2-4/h10-12,18,20H,4-9,13-17,19H2,1-2H3;3-5,8,10H,6-7,9H2,1H3;3-5,8,10,16H,6-7,9H2,1H3;14H,2-10H2,1H3;2-5H,6H2;5H,2-4H2,1H3;5-7H,2-4H2,1H3;3H,2H2,1H3;3-4H,1-2H2. The first-order chi connectivity index (χ1) is 52.4. The van der Waals surface area contributed by atoms with Crippen molar-refractivity contribution in [1.82, 2.24) is 0 Å². The van der Waals surface area contributed by atoms with E-state index >= 15 is 0 Å². The van der Waals surface area contributed by atoms with Crippen molar-refractivity contribution >= 4 is 126 Å². The summed E-state index contributed by atoms with van der Waals surface area (Å²) in [5, 5.41) is 32.0. The number of nitrogens with zero attached hydrogens (tertiary/aromatic N) is 4. The van der Waals surface area contributed by atoms with Crippen molar-refractivity contribution in [2.45, 2.75) is 251 Å². The highest BCUT2D eigenvalue weighted by atomic mass is 127. The van der Waals surface area contributed by atoms with E-state index in [0.717, 1.165) is 123 Å². The monoisotopic (exact) mass is 1920 g/mol. The number of benzene rings is 4. The lowest BCUT2D eigenvalue weighted by Crippen LogP contribution is -2.35. The number of hydrogen-bond donors (Lipinski definition) is 6. The summed E-state index contributed by atoms with van der Waals surface area (Å²) < 4.78 is 45.5. The third-order valence-corrected chi connectivity index (χ3v) is 20.0. The van der Waals surface area contributed by atoms with Gasteiger partial charge in [-0.2, -0.15) is 12.6 Å². The largest absolute Gasteiger partial charge is 0.466 e. The van der Waals surface area contributed by atoms with Crippen LogP contribution >= 0.6 is 114 Å². The van der Waals surface area contributed by atoms with Crippen LogP contribution in [0, 0.1) is 26.3 Å². The summed E-state index contributed by atoms with van der Waals surface area (Å²) >= 11 is 21.4. The summed E-state index contributed by atoms with van der Waals surface area (Å²) in [6.45, 7) is 52.5. The van der Waals surface area contributed by atoms with Gasteiger partial charge in [-0.05, 0) is 96.0 Å². The van der Waals surface area contributed by atoms with E-state index in [9.17, 15) is 9.59 Å². The first-order valence-electron chi connectivity index (χ1n) is 38.2. The molecule has 0 radical (unpaired) electrons. The molecule has 0 bridgehead atoms. The number of hydrogen-bond acceptors (Lipinski definition) is 17. The van der Waals surface area contributed by atoms with E-state index in [1.165, 1.54) is 57.8 Å². The van der Waals surface area contributed by atoms with Crippen LogP contribution in [0.2, 0.25) is 0 Å². The molecule has 0 aromatic heterocycles. The van der Waals surface area contributed by atoms with E-state index in [0.29, 0.717) is 87.2 Å². The molecule has 4 heterocycles. The van der Waals surface area contributed by atoms with Gasteiger partial charge in [-0.25, -0.2) is 26.3 Å². The Hall–Kier alpha value is -3.15. The molecule has 8 rings (SSSR count). The van der Waals surface area contributed by atoms with E-state index in [1.54, 1.807) is 18.7 Å². The maximum atomic E-state index is 11.9. The van der Waals surface area contributed by atoms with E-state index in [1.807, 2.05) is 93.6 Å². The van der Waals surface area contributed by atoms with Gasteiger partial charge in [0.05, 0.1) is 168 Å². The molecule has 0 spiro atoms. The molecule has 9 unspecified atom stereocenters. The van der Waals surface area contributed by atoms with Crippen molar-refractivity contribution in [2.75, 3.05) is 102 Å². The molecule has 4 N–H and O–H groups in total. The summed E-state index contributed by atoms with van der Waals surface area (Å²) in [4.78, 5) is 39.9. The Balaban J connectivity index is 0.00000128. The maximum Gasteiger partial charge on any atom is 0.306 e. The average molecular weight is 1930 g/mol. The minimum Gasteiger partial charge on any atom is -0.466 e. The molecule has 18 nitrogen and oxygen atoms in total. The topological polar surface area (TPSA) is 210 Å². The highest BCUT2D eigenvalue weighted by Crippen LogP contribution is 2.42. The Morgan fingerprint density at radius 1 is 0.587 bits per heavy atom. The third kappa shape index (κ3) is 53.6. The molecule has 0 aliphatic carbocycles. The summed E-state index contributed by atoms with van der Waals surface area (Å²) in [5.41, 5.74) is 3.03. The Kier molecular flexibility index (Phi) is 66.1. The number of halogens is 4. The fourth-order valence-corrected chi connectivity index (χ4v) is 13.7. The zero-order chi connectivity index (χ0) is 81.4. The lowest BCUT2D eigenvalue weighted by atomic mass is 9.81. The van der Waals surface area contributed by atoms with Crippen molar-refractivity contribution in [3.05, 3.63) is 174 Å². The van der Waals surface area contributed by atoms with Gasteiger partial charge in [-0.15, -0.1) is 24.4 Å². The van der Waals surface area contributed by atoms with Crippen molar-refractivity contribution in [3.63, 3.8) is 0 Å². The Morgan fingerprint density at radius 3 is 1.41 bits per heavy atom. The van der Waals surface area contributed by atoms with Crippen molar-refractivity contribution in [3.8, 4) is 0 Å². The predicted molar refractivity (Wildman–Crippen MR) is 472 cm³/mol. The quantitative estimate of drug-likeness (QED) is 0.00383. The van der Waals surface area contributed by atoms with Crippen LogP contribution in [0.25, 0.3) is 19.4 Å². The van der Waals surface area contributed by atoms with Crippen LogP contribution in [0.15, 0.2) is 116 Å². The fourth-order valence-electron chi connectivity index (χ4n) is 11.0.